The number of aryl methyl sites for hydroxylation is 1. The molecule has 0 aliphatic carbocycles. The maximum Gasteiger partial charge on any atom is 0.340 e. The second-order valence-electron chi connectivity index (χ2n) is 4.09. The second kappa shape index (κ2) is 6.70. The molecule has 1 N–H and O–H groups in total. The van der Waals surface area contributed by atoms with Crippen LogP contribution in [0.25, 0.3) is 0 Å². The summed E-state index contributed by atoms with van der Waals surface area (Å²) in [6.45, 7) is 3.49. The molecule has 1 aromatic rings. The summed E-state index contributed by atoms with van der Waals surface area (Å²) in [7, 11) is 0. The van der Waals surface area contributed by atoms with Crippen LogP contribution in [-0.4, -0.2) is 30.5 Å². The van der Waals surface area contributed by atoms with Crippen LogP contribution < -0.4 is 10.1 Å². The fourth-order valence-corrected chi connectivity index (χ4v) is 1.39. The Kier molecular flexibility index (Phi) is 5.53. The fraction of sp³-hybridized carbons (Fsp3) is 0.583. The zero-order valence-electron chi connectivity index (χ0n) is 10.7. The lowest BCUT2D eigenvalue weighted by molar-refractivity contribution is -0.148. The number of ether oxygens (including phenoxy) is 1. The van der Waals surface area contributed by atoms with Crippen molar-refractivity contribution in [3.05, 3.63) is 23.4 Å². The SMILES string of the molecule is CCNCc1cc(C)nc(OCC(F)(F)C(F)F)c1. The van der Waals surface area contributed by atoms with Crippen molar-refractivity contribution in [3.63, 3.8) is 0 Å². The normalized spacial score (nSPS) is 11.9. The molecule has 1 rings (SSSR count). The van der Waals surface area contributed by atoms with Gasteiger partial charge < -0.3 is 10.1 Å². The zero-order valence-corrected chi connectivity index (χ0v) is 10.7. The van der Waals surface area contributed by atoms with Gasteiger partial charge in [0.25, 0.3) is 0 Å². The summed E-state index contributed by atoms with van der Waals surface area (Å²) in [6.07, 6.45) is -3.75. The highest BCUT2D eigenvalue weighted by atomic mass is 19.3. The molecule has 0 spiro atoms. The van der Waals surface area contributed by atoms with Crippen molar-refractivity contribution < 1.29 is 22.3 Å². The number of nitrogens with zero attached hydrogens (tertiary/aromatic N) is 1. The number of nitrogens with one attached hydrogen (secondary N) is 1. The number of hydrogen-bond acceptors (Lipinski definition) is 3. The number of aromatic nitrogens is 1. The molecule has 0 amide bonds. The van der Waals surface area contributed by atoms with Gasteiger partial charge in [-0.1, -0.05) is 6.92 Å². The Morgan fingerprint density at radius 1 is 1.37 bits per heavy atom. The van der Waals surface area contributed by atoms with Crippen LogP contribution in [0.1, 0.15) is 18.2 Å². The van der Waals surface area contributed by atoms with Gasteiger partial charge in [0, 0.05) is 18.3 Å². The zero-order chi connectivity index (χ0) is 14.5. The first kappa shape index (κ1) is 15.7. The predicted molar refractivity (Wildman–Crippen MR) is 62.8 cm³/mol. The summed E-state index contributed by atoms with van der Waals surface area (Å²) in [5.74, 6) is -4.25. The van der Waals surface area contributed by atoms with Crippen molar-refractivity contribution in [1.82, 2.24) is 10.3 Å². The summed E-state index contributed by atoms with van der Waals surface area (Å²) < 4.78 is 54.1. The third-order valence-corrected chi connectivity index (χ3v) is 2.30. The molecule has 19 heavy (non-hydrogen) atoms. The lowest BCUT2D eigenvalue weighted by Gasteiger charge is -2.16. The van der Waals surface area contributed by atoms with E-state index >= 15 is 0 Å². The molecule has 3 nitrogen and oxygen atoms in total. The highest BCUT2D eigenvalue weighted by Gasteiger charge is 2.41. The van der Waals surface area contributed by atoms with E-state index < -0.39 is 19.0 Å². The van der Waals surface area contributed by atoms with E-state index in [0.717, 1.165) is 12.1 Å². The molecule has 0 saturated carbocycles. The minimum atomic E-state index is -4.17. The summed E-state index contributed by atoms with van der Waals surface area (Å²) in [5, 5.41) is 3.06. The van der Waals surface area contributed by atoms with E-state index in [4.69, 9.17) is 0 Å². The Labute approximate surface area is 109 Å². The van der Waals surface area contributed by atoms with Crippen LogP contribution in [0.5, 0.6) is 5.88 Å². The highest BCUT2D eigenvalue weighted by Crippen LogP contribution is 2.24. The van der Waals surface area contributed by atoms with E-state index in [2.05, 4.69) is 15.0 Å². The van der Waals surface area contributed by atoms with E-state index in [1.54, 1.807) is 13.0 Å². The van der Waals surface area contributed by atoms with Crippen LogP contribution in [0, 0.1) is 6.92 Å². The van der Waals surface area contributed by atoms with E-state index in [1.807, 2.05) is 6.92 Å². The Balaban J connectivity index is 2.70. The van der Waals surface area contributed by atoms with E-state index in [9.17, 15) is 17.6 Å². The van der Waals surface area contributed by atoms with E-state index in [-0.39, 0.29) is 5.88 Å². The highest BCUT2D eigenvalue weighted by molar-refractivity contribution is 5.24. The standard InChI is InChI=1S/C12H16F4N2O/c1-3-17-6-9-4-8(2)18-10(5-9)19-7-12(15,16)11(13)14/h4-5,11,17H,3,6-7H2,1-2H3. The van der Waals surface area contributed by atoms with Crippen LogP contribution in [0.3, 0.4) is 0 Å². The summed E-state index contributed by atoms with van der Waals surface area (Å²) in [5.41, 5.74) is 1.37. The summed E-state index contributed by atoms with van der Waals surface area (Å²) >= 11 is 0. The number of pyridine rings is 1. The first-order valence-electron chi connectivity index (χ1n) is 5.82. The Hall–Kier alpha value is -1.37. The van der Waals surface area contributed by atoms with Crippen molar-refractivity contribution in [2.24, 2.45) is 0 Å². The summed E-state index contributed by atoms with van der Waals surface area (Å²) in [4.78, 5) is 3.88. The van der Waals surface area contributed by atoms with Gasteiger partial charge in [-0.25, -0.2) is 13.8 Å². The number of rotatable bonds is 7. The van der Waals surface area contributed by atoms with Crippen molar-refractivity contribution in [2.75, 3.05) is 13.2 Å². The molecular weight excluding hydrogens is 264 g/mol. The quantitative estimate of drug-likeness (QED) is 0.780. The lowest BCUT2D eigenvalue weighted by Crippen LogP contribution is -2.34. The van der Waals surface area contributed by atoms with Gasteiger partial charge in [-0.3, -0.25) is 0 Å². The molecule has 0 radical (unpaired) electrons. The molecule has 0 aromatic carbocycles. The van der Waals surface area contributed by atoms with Gasteiger partial charge in [0.1, 0.15) is 0 Å². The summed E-state index contributed by atoms with van der Waals surface area (Å²) in [6, 6.07) is 3.22. The van der Waals surface area contributed by atoms with Crippen LogP contribution in [-0.2, 0) is 6.54 Å². The molecule has 1 aromatic heterocycles. The Morgan fingerprint density at radius 3 is 2.63 bits per heavy atom. The second-order valence-corrected chi connectivity index (χ2v) is 4.09. The smallest absolute Gasteiger partial charge is 0.340 e. The van der Waals surface area contributed by atoms with Gasteiger partial charge >= 0.3 is 12.3 Å². The largest absolute Gasteiger partial charge is 0.471 e. The molecule has 0 bridgehead atoms. The van der Waals surface area contributed by atoms with Gasteiger partial charge in [0.2, 0.25) is 5.88 Å². The maximum absolute atomic E-state index is 12.7. The van der Waals surface area contributed by atoms with Gasteiger partial charge in [0.15, 0.2) is 6.61 Å². The predicted octanol–water partition coefficient (Wildman–Crippen LogP) is 2.78. The van der Waals surface area contributed by atoms with Gasteiger partial charge in [0.05, 0.1) is 0 Å². The molecule has 0 atom stereocenters. The molecule has 0 saturated heterocycles. The van der Waals surface area contributed by atoms with Crippen LogP contribution in [0.2, 0.25) is 0 Å². The van der Waals surface area contributed by atoms with Gasteiger partial charge in [-0.15, -0.1) is 0 Å². The first-order chi connectivity index (χ1) is 8.85. The molecule has 0 fully saturated rings. The monoisotopic (exact) mass is 280 g/mol. The van der Waals surface area contributed by atoms with Crippen LogP contribution in [0.15, 0.2) is 12.1 Å². The average Bonchev–Trinajstić information content (AvgIpc) is 2.33. The van der Waals surface area contributed by atoms with Crippen molar-refractivity contribution in [3.8, 4) is 5.88 Å². The van der Waals surface area contributed by atoms with Crippen molar-refractivity contribution >= 4 is 0 Å². The van der Waals surface area contributed by atoms with Crippen LogP contribution in [0.4, 0.5) is 17.6 Å². The first-order valence-corrected chi connectivity index (χ1v) is 5.82. The van der Waals surface area contributed by atoms with E-state index in [1.165, 1.54) is 6.07 Å². The van der Waals surface area contributed by atoms with Crippen molar-refractivity contribution in [2.45, 2.75) is 32.7 Å². The van der Waals surface area contributed by atoms with Gasteiger partial charge in [-0.05, 0) is 25.1 Å². The maximum atomic E-state index is 12.7. The Bertz CT molecular complexity index is 413. The molecule has 7 heteroatoms. The van der Waals surface area contributed by atoms with E-state index in [0.29, 0.717) is 12.2 Å². The topological polar surface area (TPSA) is 34.2 Å². The Morgan fingerprint density at radius 2 is 2.05 bits per heavy atom. The average molecular weight is 280 g/mol. The molecular formula is C12H16F4N2O. The van der Waals surface area contributed by atoms with Crippen molar-refractivity contribution in [1.29, 1.82) is 0 Å². The molecule has 1 heterocycles. The minimum Gasteiger partial charge on any atom is -0.471 e. The minimum absolute atomic E-state index is 0.0757. The lowest BCUT2D eigenvalue weighted by atomic mass is 10.2. The number of halogens is 4. The molecule has 0 unspecified atom stereocenters. The third kappa shape index (κ3) is 5.02. The molecule has 0 aliphatic heterocycles. The van der Waals surface area contributed by atoms with Gasteiger partial charge in [-0.2, -0.15) is 8.78 Å². The van der Waals surface area contributed by atoms with Crippen LogP contribution >= 0.6 is 0 Å². The fourth-order valence-electron chi connectivity index (χ4n) is 1.39. The number of hydrogen-bond donors (Lipinski definition) is 1. The molecule has 108 valence electrons. The third-order valence-electron chi connectivity index (χ3n) is 2.30. The molecule has 0 aliphatic rings. The number of alkyl halides is 4.